The number of hydrogen-bond donors (Lipinski definition) is 0. The van der Waals surface area contributed by atoms with E-state index in [4.69, 9.17) is 0 Å². The van der Waals surface area contributed by atoms with Gasteiger partial charge >= 0.3 is 0 Å². The van der Waals surface area contributed by atoms with Gasteiger partial charge in [0, 0.05) is 30.9 Å². The van der Waals surface area contributed by atoms with Crippen LogP contribution in [0.3, 0.4) is 0 Å². The fourth-order valence-corrected chi connectivity index (χ4v) is 3.38. The van der Waals surface area contributed by atoms with Crippen molar-refractivity contribution in [3.8, 4) is 0 Å². The van der Waals surface area contributed by atoms with Crippen LogP contribution >= 0.6 is 0 Å². The first-order valence-electron chi connectivity index (χ1n) is 8.75. The van der Waals surface area contributed by atoms with Gasteiger partial charge in [-0.25, -0.2) is 0 Å². The molecule has 0 aliphatic carbocycles. The number of para-hydroxylation sites is 1. The van der Waals surface area contributed by atoms with Crippen molar-refractivity contribution < 1.29 is 9.59 Å². The number of benzene rings is 2. The largest absolute Gasteiger partial charge is 0.312 e. The highest BCUT2D eigenvalue weighted by atomic mass is 16.2. The molecule has 2 aromatic rings. The van der Waals surface area contributed by atoms with Crippen LogP contribution < -0.4 is 9.80 Å². The molecule has 0 saturated carbocycles. The van der Waals surface area contributed by atoms with Crippen LogP contribution in [0, 0.1) is 19.8 Å². The van der Waals surface area contributed by atoms with Crippen LogP contribution in [0.25, 0.3) is 0 Å². The van der Waals surface area contributed by atoms with Gasteiger partial charge in [0.25, 0.3) is 0 Å². The summed E-state index contributed by atoms with van der Waals surface area (Å²) in [5, 5.41) is 0. The van der Waals surface area contributed by atoms with Crippen molar-refractivity contribution in [3.05, 3.63) is 59.7 Å². The van der Waals surface area contributed by atoms with Crippen molar-refractivity contribution >= 4 is 23.2 Å². The monoisotopic (exact) mass is 336 g/mol. The van der Waals surface area contributed by atoms with Crippen molar-refractivity contribution in [3.63, 3.8) is 0 Å². The van der Waals surface area contributed by atoms with E-state index in [1.54, 1.807) is 9.80 Å². The molecule has 1 atom stereocenters. The fraction of sp³-hybridized carbons (Fsp3) is 0.333. The van der Waals surface area contributed by atoms with E-state index in [2.05, 4.69) is 0 Å². The molecule has 0 spiro atoms. The lowest BCUT2D eigenvalue weighted by molar-refractivity contribution is -0.124. The lowest BCUT2D eigenvalue weighted by Gasteiger charge is -2.26. The van der Waals surface area contributed by atoms with Crippen LogP contribution in [0.4, 0.5) is 11.4 Å². The number of nitrogens with zero attached hydrogens (tertiary/aromatic N) is 2. The third kappa shape index (κ3) is 3.43. The summed E-state index contributed by atoms with van der Waals surface area (Å²) in [6.07, 6.45) is 0.273. The van der Waals surface area contributed by atoms with Crippen LogP contribution in [-0.2, 0) is 9.59 Å². The zero-order valence-electron chi connectivity index (χ0n) is 15.0. The average Bonchev–Trinajstić information content (AvgIpc) is 2.99. The summed E-state index contributed by atoms with van der Waals surface area (Å²) in [4.78, 5) is 29.0. The molecule has 0 N–H and O–H groups in total. The minimum absolute atomic E-state index is 0.0167. The second-order valence-electron chi connectivity index (χ2n) is 6.61. The molecule has 2 amide bonds. The van der Waals surface area contributed by atoms with Gasteiger partial charge in [-0.05, 0) is 44.5 Å². The molecule has 4 nitrogen and oxygen atoms in total. The lowest BCUT2D eigenvalue weighted by Crippen LogP contribution is -2.37. The molecule has 1 saturated heterocycles. The summed E-state index contributed by atoms with van der Waals surface area (Å²) >= 11 is 0. The molecule has 1 aliphatic rings. The van der Waals surface area contributed by atoms with E-state index < -0.39 is 0 Å². The van der Waals surface area contributed by atoms with Gasteiger partial charge < -0.3 is 9.80 Å². The average molecular weight is 336 g/mol. The minimum Gasteiger partial charge on any atom is -0.312 e. The number of aryl methyl sites for hydroxylation is 2. The van der Waals surface area contributed by atoms with Gasteiger partial charge in [-0.3, -0.25) is 9.59 Å². The van der Waals surface area contributed by atoms with Gasteiger partial charge in [0.1, 0.15) is 0 Å². The molecular formula is C21H24N2O2. The summed E-state index contributed by atoms with van der Waals surface area (Å²) in [5.41, 5.74) is 4.01. The Kier molecular flexibility index (Phi) is 4.88. The summed E-state index contributed by atoms with van der Waals surface area (Å²) in [6.45, 7) is 7.04. The molecule has 1 aliphatic heterocycles. The highest BCUT2D eigenvalue weighted by Gasteiger charge is 2.37. The topological polar surface area (TPSA) is 40.6 Å². The van der Waals surface area contributed by atoms with Gasteiger partial charge in [-0.1, -0.05) is 35.9 Å². The molecule has 4 heteroatoms. The molecule has 1 fully saturated rings. The van der Waals surface area contributed by atoms with E-state index in [9.17, 15) is 9.59 Å². The second kappa shape index (κ2) is 7.09. The zero-order chi connectivity index (χ0) is 18.0. The van der Waals surface area contributed by atoms with E-state index >= 15 is 0 Å². The van der Waals surface area contributed by atoms with Gasteiger partial charge in [-0.2, -0.15) is 0 Å². The first kappa shape index (κ1) is 17.2. The fourth-order valence-electron chi connectivity index (χ4n) is 3.38. The molecule has 1 heterocycles. The Morgan fingerprint density at radius 2 is 1.80 bits per heavy atom. The number of hydrogen-bond acceptors (Lipinski definition) is 2. The van der Waals surface area contributed by atoms with Crippen molar-refractivity contribution in [2.45, 2.75) is 27.2 Å². The van der Waals surface area contributed by atoms with E-state index in [1.807, 2.05) is 69.3 Å². The zero-order valence-corrected chi connectivity index (χ0v) is 15.0. The van der Waals surface area contributed by atoms with E-state index in [0.29, 0.717) is 13.1 Å². The van der Waals surface area contributed by atoms with Gasteiger partial charge in [0.15, 0.2) is 0 Å². The summed E-state index contributed by atoms with van der Waals surface area (Å²) < 4.78 is 0. The van der Waals surface area contributed by atoms with Crippen molar-refractivity contribution in [2.75, 3.05) is 22.9 Å². The molecular weight excluding hydrogens is 312 g/mol. The predicted molar refractivity (Wildman–Crippen MR) is 101 cm³/mol. The second-order valence-corrected chi connectivity index (χ2v) is 6.61. The molecule has 0 aromatic heterocycles. The number of carbonyl (C=O) groups is 2. The lowest BCUT2D eigenvalue weighted by atomic mass is 10.1. The molecule has 25 heavy (non-hydrogen) atoms. The van der Waals surface area contributed by atoms with E-state index in [-0.39, 0.29) is 24.2 Å². The molecule has 130 valence electrons. The van der Waals surface area contributed by atoms with Crippen LogP contribution in [0.1, 0.15) is 24.5 Å². The summed E-state index contributed by atoms with van der Waals surface area (Å²) in [7, 11) is 0. The molecule has 0 unspecified atom stereocenters. The van der Waals surface area contributed by atoms with Gasteiger partial charge in [-0.15, -0.1) is 0 Å². The maximum atomic E-state index is 13.1. The van der Waals surface area contributed by atoms with Crippen molar-refractivity contribution in [1.82, 2.24) is 0 Å². The Balaban J connectivity index is 1.80. The highest BCUT2D eigenvalue weighted by Crippen LogP contribution is 2.29. The SMILES string of the molecule is CCN(C(=O)[C@H]1CC(=O)N(c2ccc(C)cc2)C1)c1ccccc1C. The standard InChI is InChI=1S/C21H24N2O2/c1-4-22(19-8-6-5-7-16(19)3)21(25)17-13-20(24)23(14-17)18-11-9-15(2)10-12-18/h5-12,17H,4,13-14H2,1-3H3/t17-/m0/s1. The van der Waals surface area contributed by atoms with Crippen LogP contribution in [0.15, 0.2) is 48.5 Å². The summed E-state index contributed by atoms with van der Waals surface area (Å²) in [5.74, 6) is -0.254. The normalized spacial score (nSPS) is 17.0. The number of anilines is 2. The van der Waals surface area contributed by atoms with Crippen LogP contribution in [0.5, 0.6) is 0 Å². The van der Waals surface area contributed by atoms with Crippen LogP contribution in [-0.4, -0.2) is 24.9 Å². The third-order valence-electron chi connectivity index (χ3n) is 4.81. The van der Waals surface area contributed by atoms with Crippen LogP contribution in [0.2, 0.25) is 0 Å². The summed E-state index contributed by atoms with van der Waals surface area (Å²) in [6, 6.07) is 15.7. The van der Waals surface area contributed by atoms with E-state index in [1.165, 1.54) is 0 Å². The van der Waals surface area contributed by atoms with Crippen molar-refractivity contribution in [2.24, 2.45) is 5.92 Å². The maximum absolute atomic E-state index is 13.1. The molecule has 0 bridgehead atoms. The number of amides is 2. The first-order valence-corrected chi connectivity index (χ1v) is 8.75. The highest BCUT2D eigenvalue weighted by molar-refractivity contribution is 6.04. The molecule has 2 aromatic carbocycles. The predicted octanol–water partition coefficient (Wildman–Crippen LogP) is 3.71. The van der Waals surface area contributed by atoms with Gasteiger partial charge in [0.05, 0.1) is 5.92 Å². The first-order chi connectivity index (χ1) is 12.0. The molecule has 0 radical (unpaired) electrons. The Labute approximate surface area is 149 Å². The quantitative estimate of drug-likeness (QED) is 0.854. The maximum Gasteiger partial charge on any atom is 0.232 e. The number of carbonyl (C=O) groups excluding carboxylic acids is 2. The third-order valence-corrected chi connectivity index (χ3v) is 4.81. The van der Waals surface area contributed by atoms with Gasteiger partial charge in [0.2, 0.25) is 11.8 Å². The van der Waals surface area contributed by atoms with E-state index in [0.717, 1.165) is 22.5 Å². The Morgan fingerprint density at radius 3 is 2.44 bits per heavy atom. The smallest absolute Gasteiger partial charge is 0.232 e. The number of rotatable bonds is 4. The van der Waals surface area contributed by atoms with Crippen molar-refractivity contribution in [1.29, 1.82) is 0 Å². The Hall–Kier alpha value is -2.62. The minimum atomic E-state index is -0.298. The Morgan fingerprint density at radius 1 is 1.12 bits per heavy atom. The molecule has 3 rings (SSSR count). The Bertz CT molecular complexity index is 783.